The molecule has 0 aliphatic heterocycles. The van der Waals surface area contributed by atoms with E-state index in [1.165, 1.54) is 0 Å². The Balaban J connectivity index is 2.17. The zero-order chi connectivity index (χ0) is 13.2. The number of pyridine rings is 2. The van der Waals surface area contributed by atoms with E-state index in [2.05, 4.69) is 4.98 Å². The molecule has 0 amide bonds. The van der Waals surface area contributed by atoms with Gasteiger partial charge in [-0.1, -0.05) is 0 Å². The molecule has 0 unspecified atom stereocenters. The molecule has 0 atom stereocenters. The number of thioether (sulfide) groups is 1. The summed E-state index contributed by atoms with van der Waals surface area (Å²) < 4.78 is 1.58. The Morgan fingerprint density at radius 2 is 2.32 bits per heavy atom. The summed E-state index contributed by atoms with van der Waals surface area (Å²) in [5.41, 5.74) is 1.69. The normalized spacial score (nSPS) is 14.1. The molecule has 2 heterocycles. The summed E-state index contributed by atoms with van der Waals surface area (Å²) in [6.45, 7) is 0. The first kappa shape index (κ1) is 12.0. The summed E-state index contributed by atoms with van der Waals surface area (Å²) in [6.07, 6.45) is 7.51. The Morgan fingerprint density at radius 1 is 1.47 bits per heavy atom. The maximum absolute atomic E-state index is 12.3. The van der Waals surface area contributed by atoms with Crippen LogP contribution in [0.2, 0.25) is 0 Å². The molecule has 2 aromatic heterocycles. The Kier molecular flexibility index (Phi) is 3.10. The lowest BCUT2D eigenvalue weighted by Gasteiger charge is -2.09. The van der Waals surface area contributed by atoms with Crippen molar-refractivity contribution in [3.63, 3.8) is 0 Å². The SMILES string of the molecule is N#CSc1cc(C2CC2)cn(-c2cccnc2)c1=O. The van der Waals surface area contributed by atoms with Crippen molar-refractivity contribution in [2.75, 3.05) is 0 Å². The Hall–Kier alpha value is -2.06. The van der Waals surface area contributed by atoms with Gasteiger partial charge in [-0.15, -0.1) is 0 Å². The first-order valence-corrected chi connectivity index (χ1v) is 6.84. The molecule has 0 bridgehead atoms. The van der Waals surface area contributed by atoms with Crippen LogP contribution >= 0.6 is 11.8 Å². The van der Waals surface area contributed by atoms with Crippen LogP contribution in [0.1, 0.15) is 24.3 Å². The molecule has 4 nitrogen and oxygen atoms in total. The minimum atomic E-state index is -0.163. The number of nitrogens with zero attached hydrogens (tertiary/aromatic N) is 3. The van der Waals surface area contributed by atoms with Crippen molar-refractivity contribution < 1.29 is 0 Å². The predicted octanol–water partition coefficient (Wildman–Crippen LogP) is 2.68. The summed E-state index contributed by atoms with van der Waals surface area (Å²) >= 11 is 0.922. The van der Waals surface area contributed by atoms with Gasteiger partial charge in [0.25, 0.3) is 5.56 Å². The second-order valence-corrected chi connectivity index (χ2v) is 5.32. The molecule has 0 saturated heterocycles. The summed E-state index contributed by atoms with van der Waals surface area (Å²) in [6, 6.07) is 5.48. The van der Waals surface area contributed by atoms with E-state index in [0.717, 1.165) is 35.9 Å². The van der Waals surface area contributed by atoms with Gasteiger partial charge in [0.2, 0.25) is 0 Å². The van der Waals surface area contributed by atoms with Crippen LogP contribution in [0.3, 0.4) is 0 Å². The average Bonchev–Trinajstić information content (AvgIpc) is 3.27. The third-order valence-electron chi connectivity index (χ3n) is 3.13. The van der Waals surface area contributed by atoms with E-state index >= 15 is 0 Å². The number of aromatic nitrogens is 2. The number of nitriles is 1. The van der Waals surface area contributed by atoms with Crippen molar-refractivity contribution in [1.29, 1.82) is 5.26 Å². The van der Waals surface area contributed by atoms with E-state index in [1.54, 1.807) is 23.0 Å². The fourth-order valence-electron chi connectivity index (χ4n) is 2.03. The number of rotatable bonds is 3. The lowest BCUT2D eigenvalue weighted by atomic mass is 10.2. The number of hydrogen-bond donors (Lipinski definition) is 0. The largest absolute Gasteiger partial charge is 0.281 e. The average molecular weight is 269 g/mol. The van der Waals surface area contributed by atoms with Gasteiger partial charge in [-0.3, -0.25) is 14.3 Å². The zero-order valence-electron chi connectivity index (χ0n) is 10.1. The van der Waals surface area contributed by atoms with Crippen LogP contribution in [0.25, 0.3) is 5.69 Å². The van der Waals surface area contributed by atoms with Gasteiger partial charge >= 0.3 is 0 Å². The van der Waals surface area contributed by atoms with Crippen LogP contribution in [0.4, 0.5) is 0 Å². The minimum absolute atomic E-state index is 0.163. The van der Waals surface area contributed by atoms with Crippen LogP contribution in [-0.4, -0.2) is 9.55 Å². The maximum atomic E-state index is 12.3. The summed E-state index contributed by atoms with van der Waals surface area (Å²) in [4.78, 5) is 16.8. The monoisotopic (exact) mass is 269 g/mol. The van der Waals surface area contributed by atoms with Crippen LogP contribution in [0, 0.1) is 10.7 Å². The molecule has 0 spiro atoms. The van der Waals surface area contributed by atoms with Gasteiger partial charge in [-0.2, -0.15) is 5.26 Å². The molecule has 0 radical (unpaired) electrons. The molecule has 94 valence electrons. The van der Waals surface area contributed by atoms with Crippen molar-refractivity contribution in [2.45, 2.75) is 23.7 Å². The second-order valence-electron chi connectivity index (χ2n) is 4.49. The lowest BCUT2D eigenvalue weighted by Crippen LogP contribution is -2.20. The first-order chi connectivity index (χ1) is 9.29. The standard InChI is InChI=1S/C14H11N3OS/c15-9-19-13-6-11(10-3-4-10)8-17(14(13)18)12-2-1-5-16-7-12/h1-2,5-8,10H,3-4H2. The summed E-state index contributed by atoms with van der Waals surface area (Å²) in [5.74, 6) is 0.529. The van der Waals surface area contributed by atoms with Crippen LogP contribution < -0.4 is 5.56 Å². The Morgan fingerprint density at radius 3 is 2.95 bits per heavy atom. The van der Waals surface area contributed by atoms with Crippen molar-refractivity contribution >= 4 is 11.8 Å². The highest BCUT2D eigenvalue weighted by atomic mass is 32.2. The van der Waals surface area contributed by atoms with Gasteiger partial charge in [0, 0.05) is 12.4 Å². The summed E-state index contributed by atoms with van der Waals surface area (Å²) in [5, 5.41) is 10.8. The van der Waals surface area contributed by atoms with Gasteiger partial charge in [-0.25, -0.2) is 0 Å². The highest BCUT2D eigenvalue weighted by Gasteiger charge is 2.25. The molecule has 5 heteroatoms. The van der Waals surface area contributed by atoms with E-state index in [-0.39, 0.29) is 5.56 Å². The van der Waals surface area contributed by atoms with Crippen molar-refractivity contribution in [3.05, 3.63) is 52.7 Å². The van der Waals surface area contributed by atoms with E-state index in [1.807, 2.05) is 23.7 Å². The van der Waals surface area contributed by atoms with E-state index in [0.29, 0.717) is 10.8 Å². The van der Waals surface area contributed by atoms with Gasteiger partial charge in [0.15, 0.2) is 0 Å². The molecular formula is C14H11N3OS. The molecule has 0 aromatic carbocycles. The van der Waals surface area contributed by atoms with Crippen molar-refractivity contribution in [2.24, 2.45) is 0 Å². The second kappa shape index (κ2) is 4.90. The fourth-order valence-corrected chi connectivity index (χ4v) is 2.51. The van der Waals surface area contributed by atoms with Crippen LogP contribution in [0.5, 0.6) is 0 Å². The Labute approximate surface area is 114 Å². The molecule has 1 aliphatic rings. The highest BCUT2D eigenvalue weighted by molar-refractivity contribution is 8.03. The maximum Gasteiger partial charge on any atom is 0.269 e. The fraction of sp³-hybridized carbons (Fsp3) is 0.214. The molecule has 3 rings (SSSR count). The smallest absolute Gasteiger partial charge is 0.269 e. The van der Waals surface area contributed by atoms with Gasteiger partial charge in [-0.05, 0) is 54.3 Å². The lowest BCUT2D eigenvalue weighted by molar-refractivity contribution is 0.904. The highest BCUT2D eigenvalue weighted by Crippen LogP contribution is 2.40. The number of thiocyanates is 1. The zero-order valence-corrected chi connectivity index (χ0v) is 10.9. The number of hydrogen-bond acceptors (Lipinski definition) is 4. The van der Waals surface area contributed by atoms with E-state index < -0.39 is 0 Å². The predicted molar refractivity (Wildman–Crippen MR) is 73.3 cm³/mol. The molecule has 1 saturated carbocycles. The molecule has 1 fully saturated rings. The summed E-state index contributed by atoms with van der Waals surface area (Å²) in [7, 11) is 0. The quantitative estimate of drug-likeness (QED) is 0.635. The van der Waals surface area contributed by atoms with E-state index in [9.17, 15) is 4.79 Å². The van der Waals surface area contributed by atoms with E-state index in [4.69, 9.17) is 5.26 Å². The minimum Gasteiger partial charge on any atom is -0.281 e. The van der Waals surface area contributed by atoms with Gasteiger partial charge in [0.1, 0.15) is 5.40 Å². The molecule has 2 aromatic rings. The van der Waals surface area contributed by atoms with Crippen molar-refractivity contribution in [3.8, 4) is 11.1 Å². The molecule has 19 heavy (non-hydrogen) atoms. The van der Waals surface area contributed by atoms with Crippen molar-refractivity contribution in [1.82, 2.24) is 9.55 Å². The molecule has 1 aliphatic carbocycles. The van der Waals surface area contributed by atoms with Gasteiger partial charge < -0.3 is 0 Å². The molecule has 0 N–H and O–H groups in total. The third-order valence-corrected chi connectivity index (χ3v) is 3.74. The third kappa shape index (κ3) is 2.40. The first-order valence-electron chi connectivity index (χ1n) is 6.02. The Bertz CT molecular complexity index is 699. The molecular weight excluding hydrogens is 258 g/mol. The van der Waals surface area contributed by atoms with Crippen LogP contribution in [0.15, 0.2) is 46.5 Å². The van der Waals surface area contributed by atoms with Gasteiger partial charge in [0.05, 0.1) is 16.8 Å². The topological polar surface area (TPSA) is 58.7 Å². The van der Waals surface area contributed by atoms with Crippen LogP contribution in [-0.2, 0) is 0 Å².